The zero-order valence-corrected chi connectivity index (χ0v) is 11.8. The van der Waals surface area contributed by atoms with E-state index in [9.17, 15) is 4.79 Å². The fourth-order valence-corrected chi connectivity index (χ4v) is 3.32. The van der Waals surface area contributed by atoms with Gasteiger partial charge >= 0.3 is 6.03 Å². The van der Waals surface area contributed by atoms with Crippen LogP contribution >= 0.6 is 0 Å². The van der Waals surface area contributed by atoms with Crippen LogP contribution < -0.4 is 10.6 Å². The minimum absolute atomic E-state index is 0.0790. The summed E-state index contributed by atoms with van der Waals surface area (Å²) in [6.07, 6.45) is 8.78. The van der Waals surface area contributed by atoms with Crippen LogP contribution in [0.1, 0.15) is 51.9 Å². The molecule has 0 aromatic rings. The van der Waals surface area contributed by atoms with Crippen LogP contribution in [-0.2, 0) is 0 Å². The van der Waals surface area contributed by atoms with Gasteiger partial charge in [0.25, 0.3) is 0 Å². The van der Waals surface area contributed by atoms with Gasteiger partial charge in [-0.3, -0.25) is 0 Å². The Morgan fingerprint density at radius 1 is 1.39 bits per heavy atom. The summed E-state index contributed by atoms with van der Waals surface area (Å²) in [4.78, 5) is 13.7. The average molecular weight is 253 g/mol. The summed E-state index contributed by atoms with van der Waals surface area (Å²) in [7, 11) is 1.85. The molecule has 1 heterocycles. The van der Waals surface area contributed by atoms with Crippen molar-refractivity contribution in [1.29, 1.82) is 0 Å². The molecule has 0 bridgehead atoms. The van der Waals surface area contributed by atoms with Crippen LogP contribution in [0, 0.1) is 0 Å². The van der Waals surface area contributed by atoms with E-state index >= 15 is 0 Å². The number of nitrogens with one attached hydrogen (secondary N) is 2. The van der Waals surface area contributed by atoms with Gasteiger partial charge in [0.1, 0.15) is 0 Å². The zero-order valence-electron chi connectivity index (χ0n) is 11.8. The second-order valence-corrected chi connectivity index (χ2v) is 5.92. The molecular weight excluding hydrogens is 226 g/mol. The molecule has 104 valence electrons. The summed E-state index contributed by atoms with van der Waals surface area (Å²) in [5.74, 6) is 0. The number of amides is 2. The first-order chi connectivity index (χ1) is 8.65. The Morgan fingerprint density at radius 2 is 2.11 bits per heavy atom. The molecule has 2 aliphatic rings. The molecule has 0 radical (unpaired) electrons. The summed E-state index contributed by atoms with van der Waals surface area (Å²) >= 11 is 0. The van der Waals surface area contributed by atoms with Gasteiger partial charge in [0.15, 0.2) is 0 Å². The third-order valence-electron chi connectivity index (χ3n) is 4.59. The van der Waals surface area contributed by atoms with E-state index in [2.05, 4.69) is 10.6 Å². The molecule has 4 nitrogen and oxygen atoms in total. The highest BCUT2D eigenvalue weighted by atomic mass is 16.2. The van der Waals surface area contributed by atoms with Gasteiger partial charge in [-0.15, -0.1) is 0 Å². The van der Waals surface area contributed by atoms with Gasteiger partial charge in [-0.2, -0.15) is 0 Å². The van der Waals surface area contributed by atoms with Crippen molar-refractivity contribution in [3.8, 4) is 0 Å². The number of urea groups is 1. The van der Waals surface area contributed by atoms with Crippen molar-refractivity contribution in [3.05, 3.63) is 0 Å². The van der Waals surface area contributed by atoms with Crippen molar-refractivity contribution in [3.63, 3.8) is 0 Å². The minimum Gasteiger partial charge on any atom is -0.335 e. The van der Waals surface area contributed by atoms with Gasteiger partial charge in [-0.05, 0) is 39.2 Å². The Kier molecular flexibility index (Phi) is 4.49. The summed E-state index contributed by atoms with van der Waals surface area (Å²) in [5, 5.41) is 6.90. The Labute approximate surface area is 110 Å². The van der Waals surface area contributed by atoms with Crippen LogP contribution in [0.2, 0.25) is 0 Å². The number of carbonyl (C=O) groups is 1. The number of carbonyl (C=O) groups excluding carboxylic acids is 1. The molecule has 2 N–H and O–H groups in total. The molecule has 1 spiro atoms. The molecule has 1 atom stereocenters. The van der Waals surface area contributed by atoms with E-state index in [4.69, 9.17) is 0 Å². The first-order valence-electron chi connectivity index (χ1n) is 7.42. The molecule has 0 aromatic carbocycles. The average Bonchev–Trinajstić information content (AvgIpc) is 2.38. The number of rotatable bonds is 2. The maximum atomic E-state index is 11.9. The predicted molar refractivity (Wildman–Crippen MR) is 73.7 cm³/mol. The van der Waals surface area contributed by atoms with Crippen molar-refractivity contribution in [2.24, 2.45) is 0 Å². The maximum Gasteiger partial charge on any atom is 0.317 e. The maximum absolute atomic E-state index is 11.9. The number of hydrogen-bond donors (Lipinski definition) is 2. The summed E-state index contributed by atoms with van der Waals surface area (Å²) in [6, 6.07) is 0.432. The van der Waals surface area contributed by atoms with Gasteiger partial charge < -0.3 is 15.5 Å². The molecule has 2 fully saturated rings. The van der Waals surface area contributed by atoms with Crippen LogP contribution in [-0.4, -0.2) is 42.6 Å². The van der Waals surface area contributed by atoms with Crippen LogP contribution in [0.5, 0.6) is 0 Å². The molecule has 18 heavy (non-hydrogen) atoms. The number of piperidine rings is 1. The molecule has 1 aliphatic heterocycles. The monoisotopic (exact) mass is 253 g/mol. The molecule has 1 unspecified atom stereocenters. The molecule has 2 rings (SSSR count). The SMILES string of the molecule is CCN(C)C(=O)NC1CCNC2(CCCCC2)C1. The van der Waals surface area contributed by atoms with E-state index in [1.807, 2.05) is 14.0 Å². The van der Waals surface area contributed by atoms with E-state index in [0.717, 1.165) is 25.9 Å². The minimum atomic E-state index is 0.0790. The Bertz CT molecular complexity index is 281. The smallest absolute Gasteiger partial charge is 0.317 e. The largest absolute Gasteiger partial charge is 0.335 e. The number of nitrogens with zero attached hydrogens (tertiary/aromatic N) is 1. The molecule has 4 heteroatoms. The normalized spacial score (nSPS) is 26.9. The highest BCUT2D eigenvalue weighted by Crippen LogP contribution is 2.34. The van der Waals surface area contributed by atoms with E-state index < -0.39 is 0 Å². The lowest BCUT2D eigenvalue weighted by molar-refractivity contribution is 0.151. The van der Waals surface area contributed by atoms with E-state index in [1.54, 1.807) is 4.90 Å². The van der Waals surface area contributed by atoms with Crippen molar-refractivity contribution in [1.82, 2.24) is 15.5 Å². The van der Waals surface area contributed by atoms with Crippen LogP contribution in [0.3, 0.4) is 0 Å². The second kappa shape index (κ2) is 5.91. The first-order valence-corrected chi connectivity index (χ1v) is 7.42. The van der Waals surface area contributed by atoms with Gasteiger partial charge in [0.2, 0.25) is 0 Å². The number of hydrogen-bond acceptors (Lipinski definition) is 2. The Hall–Kier alpha value is -0.770. The van der Waals surface area contributed by atoms with Crippen LogP contribution in [0.4, 0.5) is 4.79 Å². The van der Waals surface area contributed by atoms with Crippen molar-refractivity contribution in [2.45, 2.75) is 63.5 Å². The van der Waals surface area contributed by atoms with Crippen molar-refractivity contribution >= 4 is 6.03 Å². The topological polar surface area (TPSA) is 44.4 Å². The third kappa shape index (κ3) is 3.16. The molecule has 2 amide bonds. The Balaban J connectivity index is 1.88. The summed E-state index contributed by atoms with van der Waals surface area (Å²) in [6.45, 7) is 3.81. The lowest BCUT2D eigenvalue weighted by atomic mass is 9.75. The van der Waals surface area contributed by atoms with Gasteiger partial charge in [0, 0.05) is 25.2 Å². The van der Waals surface area contributed by atoms with Crippen molar-refractivity contribution in [2.75, 3.05) is 20.1 Å². The first kappa shape index (κ1) is 13.7. The molecule has 0 aromatic heterocycles. The molecule has 1 saturated heterocycles. The van der Waals surface area contributed by atoms with Gasteiger partial charge in [-0.1, -0.05) is 19.3 Å². The lowest BCUT2D eigenvalue weighted by Gasteiger charge is -2.45. The summed E-state index contributed by atoms with van der Waals surface area (Å²) < 4.78 is 0. The molecule has 1 saturated carbocycles. The second-order valence-electron chi connectivity index (χ2n) is 5.92. The van der Waals surface area contributed by atoms with E-state index in [1.165, 1.54) is 32.1 Å². The highest BCUT2D eigenvalue weighted by Gasteiger charge is 2.37. The quantitative estimate of drug-likeness (QED) is 0.791. The molecule has 1 aliphatic carbocycles. The van der Waals surface area contributed by atoms with Gasteiger partial charge in [0.05, 0.1) is 0 Å². The van der Waals surface area contributed by atoms with Crippen molar-refractivity contribution < 1.29 is 4.79 Å². The predicted octanol–water partition coefficient (Wildman–Crippen LogP) is 2.10. The summed E-state index contributed by atoms with van der Waals surface area (Å²) in [5.41, 5.74) is 0.319. The highest BCUT2D eigenvalue weighted by molar-refractivity contribution is 5.74. The van der Waals surface area contributed by atoms with E-state index in [-0.39, 0.29) is 6.03 Å². The van der Waals surface area contributed by atoms with E-state index in [0.29, 0.717) is 11.6 Å². The third-order valence-corrected chi connectivity index (χ3v) is 4.59. The fraction of sp³-hybridized carbons (Fsp3) is 0.929. The Morgan fingerprint density at radius 3 is 2.78 bits per heavy atom. The zero-order chi connectivity index (χ0) is 13.0. The fourth-order valence-electron chi connectivity index (χ4n) is 3.32. The van der Waals surface area contributed by atoms with Gasteiger partial charge in [-0.25, -0.2) is 4.79 Å². The van der Waals surface area contributed by atoms with Crippen LogP contribution in [0.15, 0.2) is 0 Å². The molecular formula is C14H27N3O. The lowest BCUT2D eigenvalue weighted by Crippen LogP contribution is -2.58. The standard InChI is InChI=1S/C14H27N3O/c1-3-17(2)13(18)16-12-7-10-15-14(11-12)8-5-4-6-9-14/h12,15H,3-11H2,1-2H3,(H,16,18). The van der Waals surface area contributed by atoms with Crippen LogP contribution in [0.25, 0.3) is 0 Å².